The van der Waals surface area contributed by atoms with Crippen LogP contribution in [0.2, 0.25) is 0 Å². The molecule has 1 aliphatic carbocycles. The molecule has 16 heavy (non-hydrogen) atoms. The van der Waals surface area contributed by atoms with Gasteiger partial charge in [0.15, 0.2) is 5.79 Å². The van der Waals surface area contributed by atoms with E-state index in [0.29, 0.717) is 6.42 Å². The van der Waals surface area contributed by atoms with Crippen LogP contribution in [0.15, 0.2) is 0 Å². The lowest BCUT2D eigenvalue weighted by molar-refractivity contribution is -0.188. The maximum absolute atomic E-state index is 11.5. The average Bonchev–Trinajstić information content (AvgIpc) is 2.73. The van der Waals surface area contributed by atoms with Crippen molar-refractivity contribution in [3.63, 3.8) is 0 Å². The summed E-state index contributed by atoms with van der Waals surface area (Å²) >= 11 is 0. The number of hydrogen-bond acceptors (Lipinski definition) is 3. The van der Waals surface area contributed by atoms with Crippen molar-refractivity contribution in [2.45, 2.75) is 56.3 Å². The van der Waals surface area contributed by atoms with Gasteiger partial charge in [-0.05, 0) is 25.7 Å². The van der Waals surface area contributed by atoms with Crippen molar-refractivity contribution in [3.8, 4) is 0 Å². The van der Waals surface area contributed by atoms with Crippen molar-refractivity contribution in [2.24, 2.45) is 0 Å². The first-order valence-corrected chi connectivity index (χ1v) is 6.31. The molecule has 0 aromatic heterocycles. The fourth-order valence-corrected chi connectivity index (χ4v) is 3.28. The summed E-state index contributed by atoms with van der Waals surface area (Å²) in [5, 5.41) is 3.19. The first-order valence-electron chi connectivity index (χ1n) is 6.31. The summed E-state index contributed by atoms with van der Waals surface area (Å²) in [5.41, 5.74) is 0.0515. The molecule has 0 aromatic carbocycles. The molecule has 2 aliphatic heterocycles. The van der Waals surface area contributed by atoms with Crippen molar-refractivity contribution in [2.75, 3.05) is 13.2 Å². The monoisotopic (exact) mass is 225 g/mol. The Morgan fingerprint density at radius 2 is 1.69 bits per heavy atom. The molecule has 0 atom stereocenters. The Balaban J connectivity index is 1.66. The van der Waals surface area contributed by atoms with Gasteiger partial charge in [-0.3, -0.25) is 4.79 Å². The molecular weight excluding hydrogens is 206 g/mol. The van der Waals surface area contributed by atoms with Gasteiger partial charge >= 0.3 is 0 Å². The van der Waals surface area contributed by atoms with Crippen molar-refractivity contribution in [3.05, 3.63) is 0 Å². The van der Waals surface area contributed by atoms with E-state index >= 15 is 0 Å². The standard InChI is InChI=1S/C12H19NO3/c14-10-2-1-3-11(13-10)4-6-12(7-5-11)15-8-9-16-12/h1-9H2,(H,13,14). The number of carbonyl (C=O) groups excluding carboxylic acids is 1. The van der Waals surface area contributed by atoms with Crippen LogP contribution in [-0.2, 0) is 14.3 Å². The number of rotatable bonds is 0. The Kier molecular flexibility index (Phi) is 2.44. The summed E-state index contributed by atoms with van der Waals surface area (Å²) in [6.07, 6.45) is 6.69. The first-order chi connectivity index (χ1) is 7.72. The van der Waals surface area contributed by atoms with E-state index in [0.717, 1.165) is 51.7 Å². The molecule has 3 rings (SSSR count). The molecule has 1 N–H and O–H groups in total. The molecule has 0 aromatic rings. The summed E-state index contributed by atoms with van der Waals surface area (Å²) in [4.78, 5) is 11.5. The molecule has 1 saturated carbocycles. The summed E-state index contributed by atoms with van der Waals surface area (Å²) in [7, 11) is 0. The van der Waals surface area contributed by atoms with Crippen LogP contribution in [-0.4, -0.2) is 30.4 Å². The summed E-state index contributed by atoms with van der Waals surface area (Å²) in [5.74, 6) is -0.0941. The lowest BCUT2D eigenvalue weighted by atomic mass is 9.74. The van der Waals surface area contributed by atoms with E-state index < -0.39 is 0 Å². The smallest absolute Gasteiger partial charge is 0.220 e. The molecule has 0 bridgehead atoms. The maximum Gasteiger partial charge on any atom is 0.220 e. The van der Waals surface area contributed by atoms with E-state index in [1.54, 1.807) is 0 Å². The minimum atomic E-state index is -0.312. The van der Waals surface area contributed by atoms with Crippen LogP contribution in [0.25, 0.3) is 0 Å². The van der Waals surface area contributed by atoms with Gasteiger partial charge in [-0.2, -0.15) is 0 Å². The topological polar surface area (TPSA) is 47.6 Å². The first kappa shape index (κ1) is 10.5. The predicted octanol–water partition coefficient (Wildman–Crippen LogP) is 1.34. The van der Waals surface area contributed by atoms with Gasteiger partial charge < -0.3 is 14.8 Å². The zero-order chi connectivity index (χ0) is 11.1. The van der Waals surface area contributed by atoms with E-state index in [9.17, 15) is 4.79 Å². The molecule has 0 unspecified atom stereocenters. The molecule has 3 aliphatic rings. The maximum atomic E-state index is 11.5. The highest BCUT2D eigenvalue weighted by Crippen LogP contribution is 2.43. The fourth-order valence-electron chi connectivity index (χ4n) is 3.28. The van der Waals surface area contributed by atoms with Gasteiger partial charge in [-0.1, -0.05) is 0 Å². The highest BCUT2D eigenvalue weighted by Gasteiger charge is 2.47. The van der Waals surface area contributed by atoms with Gasteiger partial charge in [0.2, 0.25) is 5.91 Å². The Labute approximate surface area is 95.7 Å². The van der Waals surface area contributed by atoms with Gasteiger partial charge in [-0.25, -0.2) is 0 Å². The van der Waals surface area contributed by atoms with E-state index in [1.807, 2.05) is 0 Å². The lowest BCUT2D eigenvalue weighted by Gasteiger charge is -2.46. The third kappa shape index (κ3) is 1.74. The predicted molar refractivity (Wildman–Crippen MR) is 57.8 cm³/mol. The van der Waals surface area contributed by atoms with Crippen LogP contribution in [0, 0.1) is 0 Å². The third-order valence-corrected chi connectivity index (χ3v) is 4.25. The second-order valence-corrected chi connectivity index (χ2v) is 5.29. The zero-order valence-corrected chi connectivity index (χ0v) is 9.59. The van der Waals surface area contributed by atoms with E-state index in [2.05, 4.69) is 5.32 Å². The highest BCUT2D eigenvalue weighted by molar-refractivity contribution is 5.77. The molecule has 3 fully saturated rings. The normalized spacial score (nSPS) is 31.9. The van der Waals surface area contributed by atoms with Crippen molar-refractivity contribution < 1.29 is 14.3 Å². The van der Waals surface area contributed by atoms with Gasteiger partial charge in [0.25, 0.3) is 0 Å². The summed E-state index contributed by atoms with van der Waals surface area (Å²) in [6, 6.07) is 0. The van der Waals surface area contributed by atoms with Crippen LogP contribution >= 0.6 is 0 Å². The van der Waals surface area contributed by atoms with Crippen molar-refractivity contribution in [1.29, 1.82) is 0 Å². The summed E-state index contributed by atoms with van der Waals surface area (Å²) < 4.78 is 11.4. The minimum absolute atomic E-state index is 0.0515. The average molecular weight is 225 g/mol. The van der Waals surface area contributed by atoms with Crippen LogP contribution < -0.4 is 5.32 Å². The van der Waals surface area contributed by atoms with E-state index in [4.69, 9.17) is 9.47 Å². The number of piperidine rings is 1. The minimum Gasteiger partial charge on any atom is -0.351 e. The number of ether oxygens (including phenoxy) is 2. The number of carbonyl (C=O) groups is 1. The van der Waals surface area contributed by atoms with E-state index in [1.165, 1.54) is 0 Å². The Morgan fingerprint density at radius 3 is 2.31 bits per heavy atom. The van der Waals surface area contributed by atoms with Crippen LogP contribution in [0.4, 0.5) is 0 Å². The van der Waals surface area contributed by atoms with Gasteiger partial charge in [0.1, 0.15) is 0 Å². The lowest BCUT2D eigenvalue weighted by Crippen LogP contribution is -2.56. The SMILES string of the molecule is O=C1CCCC2(CCC3(CC2)OCCO3)N1. The Morgan fingerprint density at radius 1 is 1.00 bits per heavy atom. The molecule has 2 saturated heterocycles. The molecule has 1 amide bonds. The molecular formula is C12H19NO3. The van der Waals surface area contributed by atoms with Gasteiger partial charge in [0.05, 0.1) is 13.2 Å². The largest absolute Gasteiger partial charge is 0.351 e. The number of nitrogens with one attached hydrogen (secondary N) is 1. The molecule has 4 heteroatoms. The van der Waals surface area contributed by atoms with Crippen molar-refractivity contribution in [1.82, 2.24) is 5.32 Å². The van der Waals surface area contributed by atoms with Crippen LogP contribution in [0.3, 0.4) is 0 Å². The molecule has 0 radical (unpaired) electrons. The Bertz CT molecular complexity index is 287. The Hall–Kier alpha value is -0.610. The zero-order valence-electron chi connectivity index (χ0n) is 9.59. The second kappa shape index (κ2) is 3.70. The van der Waals surface area contributed by atoms with Crippen LogP contribution in [0.1, 0.15) is 44.9 Å². The highest BCUT2D eigenvalue weighted by atomic mass is 16.7. The molecule has 2 spiro atoms. The third-order valence-electron chi connectivity index (χ3n) is 4.25. The number of hydrogen-bond donors (Lipinski definition) is 1. The van der Waals surface area contributed by atoms with Crippen molar-refractivity contribution >= 4 is 5.91 Å². The second-order valence-electron chi connectivity index (χ2n) is 5.29. The van der Waals surface area contributed by atoms with Crippen LogP contribution in [0.5, 0.6) is 0 Å². The van der Waals surface area contributed by atoms with Gasteiger partial charge in [0, 0.05) is 24.8 Å². The fraction of sp³-hybridized carbons (Fsp3) is 0.917. The molecule has 90 valence electrons. The molecule has 2 heterocycles. The number of amides is 1. The summed E-state index contributed by atoms with van der Waals surface area (Å²) in [6.45, 7) is 1.44. The van der Waals surface area contributed by atoms with E-state index in [-0.39, 0.29) is 17.2 Å². The quantitative estimate of drug-likeness (QED) is 0.677. The van der Waals surface area contributed by atoms with Gasteiger partial charge in [-0.15, -0.1) is 0 Å². The molecule has 4 nitrogen and oxygen atoms in total.